The lowest BCUT2D eigenvalue weighted by atomic mass is 10.2. The van der Waals surface area contributed by atoms with Gasteiger partial charge in [-0.25, -0.2) is 4.79 Å². The van der Waals surface area contributed by atoms with Gasteiger partial charge in [-0.15, -0.1) is 0 Å². The van der Waals surface area contributed by atoms with Crippen LogP contribution in [0.15, 0.2) is 24.3 Å². The Morgan fingerprint density at radius 3 is 2.71 bits per heavy atom. The minimum absolute atomic E-state index is 0.120. The quantitative estimate of drug-likeness (QED) is 0.635. The van der Waals surface area contributed by atoms with E-state index in [4.69, 9.17) is 22.7 Å². The van der Waals surface area contributed by atoms with Crippen molar-refractivity contribution >= 4 is 29.0 Å². The Morgan fingerprint density at radius 1 is 1.47 bits per heavy atom. The highest BCUT2D eigenvalue weighted by Gasteiger charge is 2.12. The molecule has 0 radical (unpaired) electrons. The van der Waals surface area contributed by atoms with Crippen LogP contribution < -0.4 is 11.1 Å². The first-order chi connectivity index (χ1) is 8.00. The fraction of sp³-hybridized carbons (Fsp3) is 0.333. The van der Waals surface area contributed by atoms with Gasteiger partial charge in [0, 0.05) is 0 Å². The summed E-state index contributed by atoms with van der Waals surface area (Å²) >= 11 is 4.74. The maximum atomic E-state index is 11.8. The van der Waals surface area contributed by atoms with Gasteiger partial charge in [0.15, 0.2) is 5.11 Å². The van der Waals surface area contributed by atoms with Crippen LogP contribution in [0.4, 0.5) is 5.69 Å². The summed E-state index contributed by atoms with van der Waals surface area (Å²) in [4.78, 5) is 11.8. The Balaban J connectivity index is 2.81. The van der Waals surface area contributed by atoms with Crippen LogP contribution in [0.3, 0.4) is 0 Å². The van der Waals surface area contributed by atoms with E-state index in [2.05, 4.69) is 5.32 Å². The SMILES string of the molecule is CC(C)COC(=O)c1ccccc1NC(N)=S. The number of nitrogens with two attached hydrogens (primary N) is 1. The number of para-hydroxylation sites is 1. The second-order valence-corrected chi connectivity index (χ2v) is 4.47. The largest absolute Gasteiger partial charge is 0.462 e. The highest BCUT2D eigenvalue weighted by atomic mass is 32.1. The molecule has 17 heavy (non-hydrogen) atoms. The molecule has 1 aromatic carbocycles. The van der Waals surface area contributed by atoms with Gasteiger partial charge in [-0.3, -0.25) is 0 Å². The highest BCUT2D eigenvalue weighted by molar-refractivity contribution is 7.80. The van der Waals surface area contributed by atoms with Gasteiger partial charge in [-0.1, -0.05) is 26.0 Å². The fourth-order valence-corrected chi connectivity index (χ4v) is 1.33. The number of ether oxygens (including phenoxy) is 1. The van der Waals surface area contributed by atoms with Gasteiger partial charge in [-0.2, -0.15) is 0 Å². The third kappa shape index (κ3) is 4.40. The molecule has 92 valence electrons. The standard InChI is InChI=1S/C12H16N2O2S/c1-8(2)7-16-11(15)9-5-3-4-6-10(9)14-12(13)17/h3-6,8H,7H2,1-2H3,(H3,13,14,17). The normalized spacial score (nSPS) is 10.1. The second-order valence-electron chi connectivity index (χ2n) is 4.03. The van der Waals surface area contributed by atoms with Gasteiger partial charge in [0.05, 0.1) is 17.9 Å². The molecule has 0 aliphatic rings. The molecule has 0 amide bonds. The number of carbonyl (C=O) groups excluding carboxylic acids is 1. The Labute approximate surface area is 106 Å². The van der Waals surface area contributed by atoms with Gasteiger partial charge < -0.3 is 15.8 Å². The summed E-state index contributed by atoms with van der Waals surface area (Å²) in [5.41, 5.74) is 6.38. The van der Waals surface area contributed by atoms with Crippen molar-refractivity contribution in [3.05, 3.63) is 29.8 Å². The van der Waals surface area contributed by atoms with Crippen molar-refractivity contribution < 1.29 is 9.53 Å². The van der Waals surface area contributed by atoms with Crippen LogP contribution >= 0.6 is 12.2 Å². The minimum atomic E-state index is -0.377. The molecular weight excluding hydrogens is 236 g/mol. The van der Waals surface area contributed by atoms with Crippen molar-refractivity contribution in [2.45, 2.75) is 13.8 Å². The van der Waals surface area contributed by atoms with Crippen LogP contribution in [0, 0.1) is 5.92 Å². The second kappa shape index (κ2) is 6.20. The molecule has 0 aliphatic carbocycles. The van der Waals surface area contributed by atoms with Crippen LogP contribution in [-0.4, -0.2) is 17.7 Å². The number of carbonyl (C=O) groups is 1. The first kappa shape index (κ1) is 13.4. The minimum Gasteiger partial charge on any atom is -0.462 e. The van der Waals surface area contributed by atoms with Crippen molar-refractivity contribution in [1.29, 1.82) is 0 Å². The molecule has 0 atom stereocenters. The summed E-state index contributed by atoms with van der Waals surface area (Å²) in [5, 5.41) is 2.87. The monoisotopic (exact) mass is 252 g/mol. The molecule has 1 aromatic rings. The molecule has 0 saturated carbocycles. The van der Waals surface area contributed by atoms with E-state index in [1.807, 2.05) is 13.8 Å². The molecule has 0 bridgehead atoms. The maximum Gasteiger partial charge on any atom is 0.340 e. The van der Waals surface area contributed by atoms with E-state index in [0.717, 1.165) is 0 Å². The summed E-state index contributed by atoms with van der Waals surface area (Å²) in [6.45, 7) is 4.35. The number of esters is 1. The van der Waals surface area contributed by atoms with Gasteiger partial charge >= 0.3 is 5.97 Å². The molecule has 0 fully saturated rings. The predicted octanol–water partition coefficient (Wildman–Crippen LogP) is 2.15. The van der Waals surface area contributed by atoms with Crippen LogP contribution in [0.2, 0.25) is 0 Å². The summed E-state index contributed by atoms with van der Waals surface area (Å²) in [6, 6.07) is 6.95. The zero-order valence-corrected chi connectivity index (χ0v) is 10.7. The number of thiocarbonyl (C=S) groups is 1. The lowest BCUT2D eigenvalue weighted by molar-refractivity contribution is 0.0460. The van der Waals surface area contributed by atoms with Crippen LogP contribution in [0.5, 0.6) is 0 Å². The molecule has 3 N–H and O–H groups in total. The van der Waals surface area contributed by atoms with Crippen LogP contribution in [0.25, 0.3) is 0 Å². The van der Waals surface area contributed by atoms with Gasteiger partial charge in [0.2, 0.25) is 0 Å². The number of rotatable bonds is 4. The smallest absolute Gasteiger partial charge is 0.340 e. The first-order valence-corrected chi connectivity index (χ1v) is 5.74. The van der Waals surface area contributed by atoms with Crippen molar-refractivity contribution in [2.75, 3.05) is 11.9 Å². The molecule has 0 unspecified atom stereocenters. The Morgan fingerprint density at radius 2 is 2.12 bits per heavy atom. The van der Waals surface area contributed by atoms with E-state index < -0.39 is 0 Å². The zero-order valence-electron chi connectivity index (χ0n) is 9.90. The molecular formula is C12H16N2O2S. The molecule has 4 nitrogen and oxygen atoms in total. The Kier molecular flexibility index (Phi) is 4.90. The lowest BCUT2D eigenvalue weighted by Gasteiger charge is -2.11. The molecule has 5 heteroatoms. The van der Waals surface area contributed by atoms with Crippen LogP contribution in [-0.2, 0) is 4.74 Å². The number of hydrogen-bond donors (Lipinski definition) is 2. The maximum absolute atomic E-state index is 11.8. The van der Waals surface area contributed by atoms with Crippen molar-refractivity contribution in [3.63, 3.8) is 0 Å². The van der Waals surface area contributed by atoms with E-state index in [1.54, 1.807) is 24.3 Å². The number of anilines is 1. The van der Waals surface area contributed by atoms with Crippen molar-refractivity contribution in [3.8, 4) is 0 Å². The number of nitrogens with one attached hydrogen (secondary N) is 1. The topological polar surface area (TPSA) is 64.3 Å². The number of benzene rings is 1. The van der Waals surface area contributed by atoms with E-state index >= 15 is 0 Å². The third-order valence-electron chi connectivity index (χ3n) is 1.95. The highest BCUT2D eigenvalue weighted by Crippen LogP contribution is 2.16. The van der Waals surface area contributed by atoms with E-state index in [9.17, 15) is 4.79 Å². The fourth-order valence-electron chi connectivity index (χ4n) is 1.22. The van der Waals surface area contributed by atoms with E-state index in [-0.39, 0.29) is 11.1 Å². The third-order valence-corrected chi connectivity index (χ3v) is 2.05. The molecule has 0 heterocycles. The lowest BCUT2D eigenvalue weighted by Crippen LogP contribution is -2.21. The van der Waals surface area contributed by atoms with Crippen LogP contribution in [0.1, 0.15) is 24.2 Å². The molecule has 1 rings (SSSR count). The van der Waals surface area contributed by atoms with Crippen molar-refractivity contribution in [2.24, 2.45) is 11.7 Å². The van der Waals surface area contributed by atoms with E-state index in [0.29, 0.717) is 23.8 Å². The van der Waals surface area contributed by atoms with Gasteiger partial charge in [0.25, 0.3) is 0 Å². The zero-order chi connectivity index (χ0) is 12.8. The molecule has 0 spiro atoms. The van der Waals surface area contributed by atoms with Gasteiger partial charge in [0.1, 0.15) is 0 Å². The van der Waals surface area contributed by atoms with Crippen molar-refractivity contribution in [1.82, 2.24) is 0 Å². The van der Waals surface area contributed by atoms with Gasteiger partial charge in [-0.05, 0) is 30.3 Å². The Hall–Kier alpha value is -1.62. The molecule has 0 saturated heterocycles. The first-order valence-electron chi connectivity index (χ1n) is 5.33. The Bertz CT molecular complexity index is 419. The summed E-state index contributed by atoms with van der Waals surface area (Å²) in [7, 11) is 0. The summed E-state index contributed by atoms with van der Waals surface area (Å²) in [6.07, 6.45) is 0. The predicted molar refractivity (Wildman–Crippen MR) is 72.0 cm³/mol. The summed E-state index contributed by atoms with van der Waals surface area (Å²) in [5.74, 6) is -0.0762. The average molecular weight is 252 g/mol. The number of hydrogen-bond acceptors (Lipinski definition) is 3. The van der Waals surface area contributed by atoms with E-state index in [1.165, 1.54) is 0 Å². The molecule has 0 aliphatic heterocycles. The molecule has 0 aromatic heterocycles. The average Bonchev–Trinajstić information content (AvgIpc) is 2.25. The summed E-state index contributed by atoms with van der Waals surface area (Å²) < 4.78 is 5.15.